The summed E-state index contributed by atoms with van der Waals surface area (Å²) in [6.07, 6.45) is 6.72. The molecule has 0 amide bonds. The van der Waals surface area contributed by atoms with Gasteiger partial charge in [0.05, 0.1) is 12.7 Å². The maximum Gasteiger partial charge on any atom is 0.147 e. The van der Waals surface area contributed by atoms with E-state index in [4.69, 9.17) is 9.47 Å². The lowest BCUT2D eigenvalue weighted by molar-refractivity contribution is -0.137. The van der Waals surface area contributed by atoms with Gasteiger partial charge in [-0.2, -0.15) is 0 Å². The molecule has 1 aliphatic carbocycles. The van der Waals surface area contributed by atoms with Gasteiger partial charge in [0.25, 0.3) is 0 Å². The smallest absolute Gasteiger partial charge is 0.147 e. The third kappa shape index (κ3) is 3.72. The van der Waals surface area contributed by atoms with E-state index in [9.17, 15) is 0 Å². The van der Waals surface area contributed by atoms with Crippen LogP contribution >= 0.6 is 0 Å². The summed E-state index contributed by atoms with van der Waals surface area (Å²) >= 11 is 0. The van der Waals surface area contributed by atoms with Crippen LogP contribution in [-0.4, -0.2) is 32.1 Å². The molecule has 16 heavy (non-hydrogen) atoms. The maximum atomic E-state index is 5.53. The Balaban J connectivity index is 1.63. The average Bonchev–Trinajstić information content (AvgIpc) is 2.29. The van der Waals surface area contributed by atoms with Gasteiger partial charge in [-0.05, 0) is 37.5 Å². The first-order valence-electron chi connectivity index (χ1n) is 6.58. The van der Waals surface area contributed by atoms with Crippen molar-refractivity contribution in [2.45, 2.75) is 58.1 Å². The number of hydrogen-bond acceptors (Lipinski definition) is 3. The summed E-state index contributed by atoms with van der Waals surface area (Å²) in [4.78, 5) is 0. The van der Waals surface area contributed by atoms with Crippen molar-refractivity contribution in [1.29, 1.82) is 0 Å². The zero-order valence-electron chi connectivity index (χ0n) is 10.6. The molecule has 0 spiro atoms. The number of nitrogens with one attached hydrogen (secondary N) is 1. The van der Waals surface area contributed by atoms with Crippen LogP contribution in [0.25, 0.3) is 0 Å². The normalized spacial score (nSPS) is 31.5. The summed E-state index contributed by atoms with van der Waals surface area (Å²) in [5.41, 5.74) is 0.563. The van der Waals surface area contributed by atoms with Gasteiger partial charge in [-0.3, -0.25) is 0 Å². The summed E-state index contributed by atoms with van der Waals surface area (Å²) in [5, 5.41) is 3.65. The largest absolute Gasteiger partial charge is 0.355 e. The van der Waals surface area contributed by atoms with Crippen LogP contribution in [0.1, 0.15) is 46.0 Å². The highest BCUT2D eigenvalue weighted by Gasteiger charge is 2.27. The molecule has 0 aromatic carbocycles. The van der Waals surface area contributed by atoms with Crippen LogP contribution in [0.4, 0.5) is 0 Å². The van der Waals surface area contributed by atoms with Crippen LogP contribution in [-0.2, 0) is 9.47 Å². The molecule has 2 rings (SSSR count). The van der Waals surface area contributed by atoms with E-state index in [2.05, 4.69) is 19.2 Å². The van der Waals surface area contributed by atoms with Crippen LogP contribution in [0.2, 0.25) is 0 Å². The fourth-order valence-corrected chi connectivity index (χ4v) is 2.56. The van der Waals surface area contributed by atoms with E-state index in [1.807, 2.05) is 0 Å². The highest BCUT2D eigenvalue weighted by Crippen LogP contribution is 2.34. The monoisotopic (exact) mass is 227 g/mol. The van der Waals surface area contributed by atoms with Gasteiger partial charge < -0.3 is 14.8 Å². The van der Waals surface area contributed by atoms with Gasteiger partial charge >= 0.3 is 0 Å². The van der Waals surface area contributed by atoms with Gasteiger partial charge in [-0.25, -0.2) is 0 Å². The van der Waals surface area contributed by atoms with Gasteiger partial charge in [0.2, 0.25) is 0 Å². The Morgan fingerprint density at radius 2 is 1.94 bits per heavy atom. The summed E-state index contributed by atoms with van der Waals surface area (Å²) < 4.78 is 10.7. The van der Waals surface area contributed by atoms with E-state index < -0.39 is 0 Å². The van der Waals surface area contributed by atoms with Crippen molar-refractivity contribution in [2.75, 3.05) is 19.9 Å². The van der Waals surface area contributed by atoms with Crippen molar-refractivity contribution < 1.29 is 9.47 Å². The highest BCUT2D eigenvalue weighted by molar-refractivity contribution is 4.82. The van der Waals surface area contributed by atoms with Crippen molar-refractivity contribution in [3.8, 4) is 0 Å². The molecule has 3 heteroatoms. The molecule has 1 unspecified atom stereocenters. The van der Waals surface area contributed by atoms with Crippen LogP contribution in [0.15, 0.2) is 0 Å². The molecule has 94 valence electrons. The average molecular weight is 227 g/mol. The Morgan fingerprint density at radius 3 is 2.56 bits per heavy atom. The lowest BCUT2D eigenvalue weighted by Crippen LogP contribution is -2.41. The molecular weight excluding hydrogens is 202 g/mol. The van der Waals surface area contributed by atoms with Crippen molar-refractivity contribution in [1.82, 2.24) is 5.32 Å². The lowest BCUT2D eigenvalue weighted by Gasteiger charge is -2.35. The van der Waals surface area contributed by atoms with Crippen molar-refractivity contribution in [2.24, 2.45) is 5.41 Å². The number of rotatable bonds is 3. The van der Waals surface area contributed by atoms with Gasteiger partial charge in [0.15, 0.2) is 0 Å². The third-order valence-corrected chi connectivity index (χ3v) is 3.94. The third-order valence-electron chi connectivity index (χ3n) is 3.94. The molecule has 0 aromatic heterocycles. The van der Waals surface area contributed by atoms with E-state index in [-0.39, 0.29) is 0 Å². The Bertz CT molecular complexity index is 202. The minimum Gasteiger partial charge on any atom is -0.355 e. The summed E-state index contributed by atoms with van der Waals surface area (Å²) in [5.74, 6) is 0. The SMILES string of the molecule is CC1(C)CCC(NCC2CCOCO2)CC1. The predicted molar refractivity (Wildman–Crippen MR) is 64.3 cm³/mol. The molecule has 1 N–H and O–H groups in total. The molecule has 0 bridgehead atoms. The van der Waals surface area contributed by atoms with Gasteiger partial charge in [0.1, 0.15) is 6.79 Å². The standard InChI is InChI=1S/C13H25NO2/c1-13(2)6-3-11(4-7-13)14-9-12-5-8-15-10-16-12/h11-12,14H,3-10H2,1-2H3. The Kier molecular flexibility index (Phi) is 4.22. The van der Waals surface area contributed by atoms with Crippen molar-refractivity contribution in [3.63, 3.8) is 0 Å². The molecule has 3 nitrogen and oxygen atoms in total. The fourth-order valence-electron chi connectivity index (χ4n) is 2.56. The van der Waals surface area contributed by atoms with E-state index in [0.717, 1.165) is 19.6 Å². The molecule has 1 saturated heterocycles. The first-order chi connectivity index (χ1) is 7.66. The highest BCUT2D eigenvalue weighted by atomic mass is 16.7. The summed E-state index contributed by atoms with van der Waals surface area (Å²) in [6, 6.07) is 0.708. The molecule has 1 saturated carbocycles. The summed E-state index contributed by atoms with van der Waals surface area (Å²) in [7, 11) is 0. The molecule has 0 aromatic rings. The maximum absolute atomic E-state index is 5.53. The first-order valence-corrected chi connectivity index (χ1v) is 6.58. The molecule has 2 fully saturated rings. The van der Waals surface area contributed by atoms with Gasteiger partial charge in [-0.15, -0.1) is 0 Å². The molecule has 0 radical (unpaired) electrons. The zero-order chi connectivity index (χ0) is 11.4. The van der Waals surface area contributed by atoms with E-state index in [1.54, 1.807) is 0 Å². The Labute approximate surface area is 98.9 Å². The van der Waals surface area contributed by atoms with Crippen molar-refractivity contribution >= 4 is 0 Å². The molecule has 1 aliphatic heterocycles. The molecule has 1 atom stereocenters. The lowest BCUT2D eigenvalue weighted by atomic mass is 9.75. The van der Waals surface area contributed by atoms with Crippen LogP contribution in [0.5, 0.6) is 0 Å². The van der Waals surface area contributed by atoms with E-state index in [1.165, 1.54) is 25.7 Å². The molecule has 2 aliphatic rings. The minimum absolute atomic E-state index is 0.365. The van der Waals surface area contributed by atoms with Gasteiger partial charge in [0, 0.05) is 12.6 Å². The van der Waals surface area contributed by atoms with E-state index in [0.29, 0.717) is 24.4 Å². The van der Waals surface area contributed by atoms with E-state index >= 15 is 0 Å². The molecule has 1 heterocycles. The first kappa shape index (κ1) is 12.3. The van der Waals surface area contributed by atoms with Crippen molar-refractivity contribution in [3.05, 3.63) is 0 Å². The predicted octanol–water partition coefficient (Wildman–Crippen LogP) is 2.31. The fraction of sp³-hybridized carbons (Fsp3) is 1.00. The summed E-state index contributed by atoms with van der Waals surface area (Å²) in [6.45, 7) is 7.08. The quantitative estimate of drug-likeness (QED) is 0.802. The van der Waals surface area contributed by atoms with Crippen LogP contribution < -0.4 is 5.32 Å². The number of ether oxygens (including phenoxy) is 2. The second-order valence-electron chi connectivity index (χ2n) is 5.95. The zero-order valence-corrected chi connectivity index (χ0v) is 10.6. The topological polar surface area (TPSA) is 30.5 Å². The van der Waals surface area contributed by atoms with Crippen LogP contribution in [0, 0.1) is 5.41 Å². The van der Waals surface area contributed by atoms with Crippen LogP contribution in [0.3, 0.4) is 0 Å². The minimum atomic E-state index is 0.365. The van der Waals surface area contributed by atoms with Gasteiger partial charge in [-0.1, -0.05) is 13.8 Å². The number of hydrogen-bond donors (Lipinski definition) is 1. The Morgan fingerprint density at radius 1 is 1.19 bits per heavy atom. The second-order valence-corrected chi connectivity index (χ2v) is 5.95. The second kappa shape index (κ2) is 5.48. The Hall–Kier alpha value is -0.120. The molecular formula is C13H25NO2.